The molecule has 0 bridgehead atoms. The molecule has 1 fully saturated rings. The lowest BCUT2D eigenvalue weighted by Crippen LogP contribution is -2.32. The molecule has 3 atom stereocenters. The number of nitrogens with one attached hydrogen (secondary N) is 1. The maximum Gasteiger partial charge on any atom is 0.150 e. The molecule has 0 aromatic heterocycles. The zero-order valence-electron chi connectivity index (χ0n) is 12.3. The third-order valence-electron chi connectivity index (χ3n) is 4.40. The zero-order valence-corrected chi connectivity index (χ0v) is 13.1. The smallest absolute Gasteiger partial charge is 0.150 e. The Bertz CT molecular complexity index is 338. The highest BCUT2D eigenvalue weighted by Gasteiger charge is 2.29. The van der Waals surface area contributed by atoms with Crippen molar-refractivity contribution in [1.29, 1.82) is 0 Å². The molecule has 108 valence electrons. The molecule has 1 rings (SSSR count). The normalized spacial score (nSPS) is 27.4. The summed E-state index contributed by atoms with van der Waals surface area (Å²) in [7, 11) is -0.816. The molecule has 0 heterocycles. The van der Waals surface area contributed by atoms with Crippen LogP contribution in [0.3, 0.4) is 0 Å². The Hall–Kier alpha value is -0.0900. The Morgan fingerprint density at radius 1 is 1.28 bits per heavy atom. The lowest BCUT2D eigenvalue weighted by atomic mass is 9.83. The molecule has 1 saturated carbocycles. The van der Waals surface area contributed by atoms with Crippen molar-refractivity contribution >= 4 is 9.84 Å². The SMILES string of the molecule is CNC(CCC1CCCC(S(C)(=O)=O)C1)C(C)C. The topological polar surface area (TPSA) is 46.2 Å². The Morgan fingerprint density at radius 3 is 2.44 bits per heavy atom. The van der Waals surface area contributed by atoms with Gasteiger partial charge in [-0.2, -0.15) is 0 Å². The monoisotopic (exact) mass is 275 g/mol. The van der Waals surface area contributed by atoms with Gasteiger partial charge in [-0.25, -0.2) is 8.42 Å². The van der Waals surface area contributed by atoms with Gasteiger partial charge in [0, 0.05) is 12.3 Å². The van der Waals surface area contributed by atoms with Crippen molar-refractivity contribution < 1.29 is 8.42 Å². The third-order valence-corrected chi connectivity index (χ3v) is 6.04. The molecule has 1 aliphatic rings. The Kier molecular flexibility index (Phi) is 6.12. The fraction of sp³-hybridized carbons (Fsp3) is 1.00. The first-order valence-corrected chi connectivity index (χ1v) is 9.16. The molecule has 1 aliphatic carbocycles. The Balaban J connectivity index is 2.43. The maximum absolute atomic E-state index is 11.6. The minimum Gasteiger partial charge on any atom is -0.317 e. The zero-order chi connectivity index (χ0) is 13.8. The number of sulfone groups is 1. The van der Waals surface area contributed by atoms with E-state index in [1.54, 1.807) is 0 Å². The van der Waals surface area contributed by atoms with Gasteiger partial charge in [-0.1, -0.05) is 26.7 Å². The molecule has 0 amide bonds. The second-order valence-corrected chi connectivity index (χ2v) is 8.53. The quantitative estimate of drug-likeness (QED) is 0.810. The van der Waals surface area contributed by atoms with E-state index in [4.69, 9.17) is 0 Å². The van der Waals surface area contributed by atoms with Crippen LogP contribution in [0.15, 0.2) is 0 Å². The molecule has 0 radical (unpaired) electrons. The Labute approximate surface area is 113 Å². The summed E-state index contributed by atoms with van der Waals surface area (Å²) in [6.45, 7) is 4.47. The van der Waals surface area contributed by atoms with E-state index < -0.39 is 9.84 Å². The van der Waals surface area contributed by atoms with E-state index in [0.717, 1.165) is 32.1 Å². The van der Waals surface area contributed by atoms with Gasteiger partial charge in [-0.3, -0.25) is 0 Å². The van der Waals surface area contributed by atoms with E-state index >= 15 is 0 Å². The average Bonchev–Trinajstić information content (AvgIpc) is 2.28. The van der Waals surface area contributed by atoms with E-state index in [1.807, 2.05) is 7.05 Å². The van der Waals surface area contributed by atoms with Crippen molar-refractivity contribution in [3.05, 3.63) is 0 Å². The molecule has 3 unspecified atom stereocenters. The summed E-state index contributed by atoms with van der Waals surface area (Å²) < 4.78 is 23.2. The highest BCUT2D eigenvalue weighted by molar-refractivity contribution is 7.91. The van der Waals surface area contributed by atoms with Crippen molar-refractivity contribution in [2.24, 2.45) is 11.8 Å². The van der Waals surface area contributed by atoms with E-state index in [1.165, 1.54) is 12.7 Å². The van der Waals surface area contributed by atoms with Crippen LogP contribution in [-0.2, 0) is 9.84 Å². The molecule has 0 aromatic carbocycles. The molecule has 0 aliphatic heterocycles. The fourth-order valence-electron chi connectivity index (χ4n) is 3.12. The van der Waals surface area contributed by atoms with Gasteiger partial charge >= 0.3 is 0 Å². The van der Waals surface area contributed by atoms with Crippen LogP contribution in [0.1, 0.15) is 52.4 Å². The van der Waals surface area contributed by atoms with Gasteiger partial charge in [0.15, 0.2) is 0 Å². The summed E-state index contributed by atoms with van der Waals surface area (Å²) in [5, 5.41) is 3.28. The lowest BCUT2D eigenvalue weighted by molar-refractivity contribution is 0.297. The summed E-state index contributed by atoms with van der Waals surface area (Å²) in [4.78, 5) is 0. The minimum atomic E-state index is -2.83. The van der Waals surface area contributed by atoms with Gasteiger partial charge in [-0.05, 0) is 44.6 Å². The first-order chi connectivity index (χ1) is 8.34. The summed E-state index contributed by atoms with van der Waals surface area (Å²) in [6.07, 6.45) is 7.76. The molecule has 1 N–H and O–H groups in total. The molecule has 0 saturated heterocycles. The van der Waals surface area contributed by atoms with Crippen LogP contribution in [0.5, 0.6) is 0 Å². The number of hydrogen-bond donors (Lipinski definition) is 1. The van der Waals surface area contributed by atoms with Crippen molar-refractivity contribution in [2.45, 2.75) is 63.7 Å². The molecule has 18 heavy (non-hydrogen) atoms. The van der Waals surface area contributed by atoms with Gasteiger partial charge < -0.3 is 5.32 Å². The van der Waals surface area contributed by atoms with E-state index in [2.05, 4.69) is 19.2 Å². The van der Waals surface area contributed by atoms with Crippen molar-refractivity contribution in [2.75, 3.05) is 13.3 Å². The highest BCUT2D eigenvalue weighted by Crippen LogP contribution is 2.32. The van der Waals surface area contributed by atoms with Gasteiger partial charge in [0.25, 0.3) is 0 Å². The van der Waals surface area contributed by atoms with Crippen LogP contribution >= 0.6 is 0 Å². The molecule has 0 spiro atoms. The summed E-state index contributed by atoms with van der Waals surface area (Å²) >= 11 is 0. The van der Waals surface area contributed by atoms with Gasteiger partial charge in [0.1, 0.15) is 9.84 Å². The van der Waals surface area contributed by atoms with Crippen molar-refractivity contribution in [3.8, 4) is 0 Å². The largest absolute Gasteiger partial charge is 0.317 e. The van der Waals surface area contributed by atoms with Crippen LogP contribution in [0.4, 0.5) is 0 Å². The summed E-state index contributed by atoms with van der Waals surface area (Å²) in [5.41, 5.74) is 0. The van der Waals surface area contributed by atoms with Gasteiger partial charge in [0.05, 0.1) is 5.25 Å². The van der Waals surface area contributed by atoms with Crippen molar-refractivity contribution in [1.82, 2.24) is 5.32 Å². The van der Waals surface area contributed by atoms with E-state index in [9.17, 15) is 8.42 Å². The number of rotatable bonds is 6. The predicted molar refractivity (Wildman–Crippen MR) is 77.5 cm³/mol. The Morgan fingerprint density at radius 2 is 1.94 bits per heavy atom. The molecular weight excluding hydrogens is 246 g/mol. The average molecular weight is 275 g/mol. The second-order valence-electron chi connectivity index (χ2n) is 6.20. The van der Waals surface area contributed by atoms with Crippen LogP contribution in [0.25, 0.3) is 0 Å². The number of hydrogen-bond acceptors (Lipinski definition) is 3. The van der Waals surface area contributed by atoms with E-state index in [0.29, 0.717) is 17.9 Å². The van der Waals surface area contributed by atoms with Crippen LogP contribution in [0, 0.1) is 11.8 Å². The fourth-order valence-corrected chi connectivity index (χ4v) is 4.34. The first kappa shape index (κ1) is 16.0. The molecule has 3 nitrogen and oxygen atoms in total. The maximum atomic E-state index is 11.6. The van der Waals surface area contributed by atoms with Gasteiger partial charge in [-0.15, -0.1) is 0 Å². The summed E-state index contributed by atoms with van der Waals surface area (Å²) in [6, 6.07) is 0.559. The lowest BCUT2D eigenvalue weighted by Gasteiger charge is -2.30. The van der Waals surface area contributed by atoms with Crippen LogP contribution < -0.4 is 5.32 Å². The molecule has 0 aromatic rings. The minimum absolute atomic E-state index is 0.0802. The van der Waals surface area contributed by atoms with Gasteiger partial charge in [0.2, 0.25) is 0 Å². The van der Waals surface area contributed by atoms with Crippen molar-refractivity contribution in [3.63, 3.8) is 0 Å². The molecular formula is C14H29NO2S. The van der Waals surface area contributed by atoms with Crippen LogP contribution in [-0.4, -0.2) is 33.0 Å². The predicted octanol–water partition coefficient (Wildman–Crippen LogP) is 2.61. The van der Waals surface area contributed by atoms with E-state index in [-0.39, 0.29) is 5.25 Å². The molecule has 4 heteroatoms. The third kappa shape index (κ3) is 4.88. The van der Waals surface area contributed by atoms with Crippen LogP contribution in [0.2, 0.25) is 0 Å². The first-order valence-electron chi connectivity index (χ1n) is 7.20. The second kappa shape index (κ2) is 6.90. The highest BCUT2D eigenvalue weighted by atomic mass is 32.2. The standard InChI is InChI=1S/C14H29NO2S/c1-11(2)14(15-3)9-8-12-6-5-7-13(10-12)18(4,16)17/h11-15H,5-10H2,1-4H3. The summed E-state index contributed by atoms with van der Waals surface area (Å²) in [5.74, 6) is 1.25.